The van der Waals surface area contributed by atoms with Gasteiger partial charge in [0.15, 0.2) is 0 Å². The van der Waals surface area contributed by atoms with Crippen molar-refractivity contribution in [1.82, 2.24) is 14.9 Å². The van der Waals surface area contributed by atoms with Gasteiger partial charge in [0.1, 0.15) is 0 Å². The Morgan fingerprint density at radius 2 is 1.81 bits per heavy atom. The van der Waals surface area contributed by atoms with Crippen molar-refractivity contribution < 1.29 is 13.2 Å². The average molecular weight is 321 g/mol. The minimum absolute atomic E-state index is 0.227. The van der Waals surface area contributed by atoms with E-state index in [2.05, 4.69) is 28.8 Å². The topological polar surface area (TPSA) is 70.7 Å². The molecule has 7 heteroatoms. The molecule has 2 N–H and O–H groups in total. The van der Waals surface area contributed by atoms with Crippen LogP contribution in [0.1, 0.15) is 33.1 Å². The van der Waals surface area contributed by atoms with Crippen molar-refractivity contribution in [3.63, 3.8) is 0 Å². The van der Waals surface area contributed by atoms with Crippen LogP contribution in [0.3, 0.4) is 0 Å². The first-order valence-electron chi connectivity index (χ1n) is 8.00. The molecule has 1 aliphatic heterocycles. The zero-order chi connectivity index (χ0) is 15.6. The second-order valence-electron chi connectivity index (χ2n) is 5.84. The molecule has 0 spiro atoms. The standard InChI is InChI=1S/C14H31N3O3S/c1-14(2)15-6-3-4-13-21(18,19)16-7-5-8-17-9-11-20-12-10-17/h14-16H,3-13H2,1-2H3. The summed E-state index contributed by atoms with van der Waals surface area (Å²) in [6, 6.07) is 0.458. The van der Waals surface area contributed by atoms with E-state index in [0.29, 0.717) is 19.0 Å². The van der Waals surface area contributed by atoms with Crippen LogP contribution in [-0.2, 0) is 14.8 Å². The van der Waals surface area contributed by atoms with E-state index in [1.165, 1.54) is 0 Å². The van der Waals surface area contributed by atoms with Gasteiger partial charge in [-0.3, -0.25) is 4.90 Å². The number of morpholine rings is 1. The van der Waals surface area contributed by atoms with Crippen LogP contribution in [-0.4, -0.2) is 71.0 Å². The molecule has 0 saturated carbocycles. The van der Waals surface area contributed by atoms with Gasteiger partial charge >= 0.3 is 0 Å². The van der Waals surface area contributed by atoms with Gasteiger partial charge in [-0.25, -0.2) is 13.1 Å². The molecule has 0 unspecified atom stereocenters. The van der Waals surface area contributed by atoms with Crippen LogP contribution >= 0.6 is 0 Å². The van der Waals surface area contributed by atoms with E-state index < -0.39 is 10.0 Å². The molecule has 0 radical (unpaired) electrons. The number of unbranched alkanes of at least 4 members (excludes halogenated alkanes) is 1. The average Bonchev–Trinajstić information content (AvgIpc) is 2.44. The predicted molar refractivity (Wildman–Crippen MR) is 86.0 cm³/mol. The van der Waals surface area contributed by atoms with Gasteiger partial charge in [0.05, 0.1) is 19.0 Å². The summed E-state index contributed by atoms with van der Waals surface area (Å²) < 4.78 is 31.6. The first-order chi connectivity index (χ1) is 9.99. The van der Waals surface area contributed by atoms with Crippen LogP contribution in [0.5, 0.6) is 0 Å². The molecular formula is C14H31N3O3S. The van der Waals surface area contributed by atoms with E-state index in [4.69, 9.17) is 4.74 Å². The van der Waals surface area contributed by atoms with E-state index in [-0.39, 0.29) is 5.75 Å². The van der Waals surface area contributed by atoms with E-state index in [9.17, 15) is 8.42 Å². The fraction of sp³-hybridized carbons (Fsp3) is 1.00. The quantitative estimate of drug-likeness (QED) is 0.539. The van der Waals surface area contributed by atoms with Crippen LogP contribution in [0.2, 0.25) is 0 Å². The first-order valence-corrected chi connectivity index (χ1v) is 9.65. The molecule has 0 aromatic heterocycles. The van der Waals surface area contributed by atoms with Gasteiger partial charge in [-0.15, -0.1) is 0 Å². The van der Waals surface area contributed by atoms with Crippen molar-refractivity contribution in [1.29, 1.82) is 0 Å². The molecular weight excluding hydrogens is 290 g/mol. The zero-order valence-electron chi connectivity index (χ0n) is 13.4. The summed E-state index contributed by atoms with van der Waals surface area (Å²) in [7, 11) is -3.11. The van der Waals surface area contributed by atoms with E-state index in [1.54, 1.807) is 0 Å². The summed E-state index contributed by atoms with van der Waals surface area (Å²) in [6.45, 7) is 10.0. The van der Waals surface area contributed by atoms with Crippen molar-refractivity contribution in [3.8, 4) is 0 Å². The zero-order valence-corrected chi connectivity index (χ0v) is 14.3. The summed E-state index contributed by atoms with van der Waals surface area (Å²) in [6.07, 6.45) is 2.46. The minimum atomic E-state index is -3.11. The van der Waals surface area contributed by atoms with Crippen molar-refractivity contribution in [2.24, 2.45) is 0 Å². The van der Waals surface area contributed by atoms with Crippen LogP contribution in [0.4, 0.5) is 0 Å². The van der Waals surface area contributed by atoms with Gasteiger partial charge in [0, 0.05) is 25.7 Å². The second kappa shape index (κ2) is 10.5. The number of nitrogens with zero attached hydrogens (tertiary/aromatic N) is 1. The molecule has 0 atom stereocenters. The summed E-state index contributed by atoms with van der Waals surface area (Å²) in [5.74, 6) is 0.227. The molecule has 0 bridgehead atoms. The van der Waals surface area contributed by atoms with Gasteiger partial charge in [-0.05, 0) is 32.4 Å². The van der Waals surface area contributed by atoms with E-state index in [0.717, 1.165) is 52.2 Å². The molecule has 1 saturated heterocycles. The maximum Gasteiger partial charge on any atom is 0.211 e. The molecule has 6 nitrogen and oxygen atoms in total. The van der Waals surface area contributed by atoms with Crippen LogP contribution in [0, 0.1) is 0 Å². The number of sulfonamides is 1. The molecule has 1 aliphatic rings. The summed E-state index contributed by atoms with van der Waals surface area (Å²) >= 11 is 0. The van der Waals surface area contributed by atoms with Gasteiger partial charge < -0.3 is 10.1 Å². The minimum Gasteiger partial charge on any atom is -0.379 e. The molecule has 1 heterocycles. The smallest absolute Gasteiger partial charge is 0.211 e. The molecule has 0 aromatic rings. The Morgan fingerprint density at radius 1 is 1.10 bits per heavy atom. The molecule has 21 heavy (non-hydrogen) atoms. The lowest BCUT2D eigenvalue weighted by molar-refractivity contribution is 0.0376. The lowest BCUT2D eigenvalue weighted by Crippen LogP contribution is -2.38. The fourth-order valence-electron chi connectivity index (χ4n) is 2.24. The maximum atomic E-state index is 11.8. The largest absolute Gasteiger partial charge is 0.379 e. The lowest BCUT2D eigenvalue weighted by atomic mass is 10.3. The third kappa shape index (κ3) is 10.2. The number of ether oxygens (including phenoxy) is 1. The Labute approximate surface area is 129 Å². The van der Waals surface area contributed by atoms with Crippen molar-refractivity contribution in [2.45, 2.75) is 39.2 Å². The third-order valence-electron chi connectivity index (χ3n) is 3.47. The number of rotatable bonds is 11. The van der Waals surface area contributed by atoms with Crippen molar-refractivity contribution in [2.75, 3.05) is 51.7 Å². The van der Waals surface area contributed by atoms with Crippen LogP contribution in [0.25, 0.3) is 0 Å². The maximum absolute atomic E-state index is 11.8. The third-order valence-corrected chi connectivity index (χ3v) is 4.94. The summed E-state index contributed by atoms with van der Waals surface area (Å²) in [4.78, 5) is 2.31. The van der Waals surface area contributed by atoms with Gasteiger partial charge in [0.2, 0.25) is 10.0 Å². The van der Waals surface area contributed by atoms with Gasteiger partial charge in [-0.1, -0.05) is 13.8 Å². The number of nitrogens with one attached hydrogen (secondary N) is 2. The Morgan fingerprint density at radius 3 is 2.48 bits per heavy atom. The van der Waals surface area contributed by atoms with Crippen LogP contribution in [0.15, 0.2) is 0 Å². The van der Waals surface area contributed by atoms with Crippen molar-refractivity contribution >= 4 is 10.0 Å². The Balaban J connectivity index is 2.01. The second-order valence-corrected chi connectivity index (χ2v) is 7.76. The van der Waals surface area contributed by atoms with Gasteiger partial charge in [0.25, 0.3) is 0 Å². The molecule has 0 aromatic carbocycles. The van der Waals surface area contributed by atoms with Gasteiger partial charge in [-0.2, -0.15) is 0 Å². The number of hydrogen-bond acceptors (Lipinski definition) is 5. The molecule has 126 valence electrons. The highest BCUT2D eigenvalue weighted by Gasteiger charge is 2.11. The van der Waals surface area contributed by atoms with Crippen molar-refractivity contribution in [3.05, 3.63) is 0 Å². The monoisotopic (exact) mass is 321 g/mol. The predicted octanol–water partition coefficient (Wildman–Crippen LogP) is 0.406. The molecule has 1 rings (SSSR count). The number of hydrogen-bond donors (Lipinski definition) is 2. The lowest BCUT2D eigenvalue weighted by Gasteiger charge is -2.26. The normalized spacial score (nSPS) is 17.5. The van der Waals surface area contributed by atoms with E-state index in [1.807, 2.05) is 0 Å². The molecule has 1 fully saturated rings. The first kappa shape index (κ1) is 18.8. The highest BCUT2D eigenvalue weighted by Crippen LogP contribution is 1.98. The Bertz CT molecular complexity index is 354. The fourth-order valence-corrected chi connectivity index (χ4v) is 3.42. The SMILES string of the molecule is CC(C)NCCCCS(=O)(=O)NCCCN1CCOCC1. The molecule has 0 amide bonds. The highest BCUT2D eigenvalue weighted by atomic mass is 32.2. The molecule has 0 aliphatic carbocycles. The van der Waals surface area contributed by atoms with Crippen LogP contribution < -0.4 is 10.0 Å². The van der Waals surface area contributed by atoms with E-state index >= 15 is 0 Å². The summed E-state index contributed by atoms with van der Waals surface area (Å²) in [5.41, 5.74) is 0. The highest BCUT2D eigenvalue weighted by molar-refractivity contribution is 7.89. The summed E-state index contributed by atoms with van der Waals surface area (Å²) in [5, 5.41) is 3.29. The Kier molecular flexibility index (Phi) is 9.42. The Hall–Kier alpha value is -0.210.